The first-order chi connectivity index (χ1) is 13.4. The molecule has 1 atom stereocenters. The number of anilines is 1. The Kier molecular flexibility index (Phi) is 5.37. The summed E-state index contributed by atoms with van der Waals surface area (Å²) >= 11 is 7.39. The van der Waals surface area contributed by atoms with Crippen LogP contribution in [0.25, 0.3) is 10.2 Å². The smallest absolute Gasteiger partial charge is 0.243 e. The average Bonchev–Trinajstić information content (AvgIpc) is 3.16. The van der Waals surface area contributed by atoms with Gasteiger partial charge in [0.15, 0.2) is 0 Å². The maximum absolute atomic E-state index is 12.9. The van der Waals surface area contributed by atoms with E-state index in [2.05, 4.69) is 10.3 Å². The van der Waals surface area contributed by atoms with Crippen LogP contribution in [0.2, 0.25) is 5.02 Å². The summed E-state index contributed by atoms with van der Waals surface area (Å²) in [7, 11) is -3.65. The van der Waals surface area contributed by atoms with Crippen LogP contribution in [0.5, 0.6) is 0 Å². The molecule has 1 aliphatic heterocycles. The number of halogens is 1. The minimum absolute atomic E-state index is 0.162. The zero-order valence-corrected chi connectivity index (χ0v) is 17.2. The van der Waals surface area contributed by atoms with Gasteiger partial charge in [-0.25, -0.2) is 13.4 Å². The standard InChI is InChI=1S/C19H18ClN3O3S2/c20-14-3-6-16(7-4-14)28(25,26)23-9-1-2-13(11-23)19(24)22-15-5-8-18-17(10-15)21-12-27-18/h3-8,10,12-13H,1-2,9,11H2,(H,22,24). The normalized spacial score (nSPS) is 18.2. The maximum Gasteiger partial charge on any atom is 0.243 e. The van der Waals surface area contributed by atoms with Crippen LogP contribution in [-0.2, 0) is 14.8 Å². The molecule has 2 aromatic carbocycles. The molecule has 0 spiro atoms. The number of thiazole rings is 1. The predicted molar refractivity (Wildman–Crippen MR) is 111 cm³/mol. The lowest BCUT2D eigenvalue weighted by Gasteiger charge is -2.31. The van der Waals surface area contributed by atoms with E-state index in [1.54, 1.807) is 17.6 Å². The number of hydrogen-bond donors (Lipinski definition) is 1. The lowest BCUT2D eigenvalue weighted by molar-refractivity contribution is -0.120. The van der Waals surface area contributed by atoms with Gasteiger partial charge < -0.3 is 5.32 Å². The number of sulfonamides is 1. The van der Waals surface area contributed by atoms with E-state index < -0.39 is 15.9 Å². The van der Waals surface area contributed by atoms with Crippen LogP contribution in [-0.4, -0.2) is 36.7 Å². The molecule has 1 unspecified atom stereocenters. The Labute approximate surface area is 172 Å². The highest BCUT2D eigenvalue weighted by Crippen LogP contribution is 2.26. The molecule has 146 valence electrons. The summed E-state index contributed by atoms with van der Waals surface area (Å²) in [5.41, 5.74) is 3.26. The second-order valence-corrected chi connectivity index (χ2v) is 9.94. The number of aromatic nitrogens is 1. The fraction of sp³-hybridized carbons (Fsp3) is 0.263. The van der Waals surface area contributed by atoms with Gasteiger partial charge in [-0.2, -0.15) is 4.31 Å². The van der Waals surface area contributed by atoms with E-state index in [0.29, 0.717) is 30.1 Å². The Morgan fingerprint density at radius 2 is 2.00 bits per heavy atom. The minimum Gasteiger partial charge on any atom is -0.326 e. The van der Waals surface area contributed by atoms with Crippen LogP contribution in [0.3, 0.4) is 0 Å². The summed E-state index contributed by atoms with van der Waals surface area (Å²) in [6, 6.07) is 11.7. The number of benzene rings is 2. The van der Waals surface area contributed by atoms with Gasteiger partial charge in [0.2, 0.25) is 15.9 Å². The summed E-state index contributed by atoms with van der Waals surface area (Å²) in [4.78, 5) is 17.2. The molecule has 2 heterocycles. The molecule has 1 amide bonds. The van der Waals surface area contributed by atoms with Gasteiger partial charge in [0.1, 0.15) is 0 Å². The van der Waals surface area contributed by atoms with E-state index in [4.69, 9.17) is 11.6 Å². The molecule has 9 heteroatoms. The number of nitrogens with one attached hydrogen (secondary N) is 1. The first-order valence-electron chi connectivity index (χ1n) is 8.83. The highest BCUT2D eigenvalue weighted by atomic mass is 35.5. The molecule has 4 rings (SSSR count). The fourth-order valence-corrected chi connectivity index (χ4v) is 5.62. The Bertz CT molecular complexity index is 1110. The minimum atomic E-state index is -3.65. The quantitative estimate of drug-likeness (QED) is 0.672. The van der Waals surface area contributed by atoms with Gasteiger partial charge >= 0.3 is 0 Å². The van der Waals surface area contributed by atoms with Crippen molar-refractivity contribution in [3.05, 3.63) is 53.0 Å². The number of hydrogen-bond acceptors (Lipinski definition) is 5. The Morgan fingerprint density at radius 3 is 2.79 bits per heavy atom. The first kappa shape index (κ1) is 19.3. The van der Waals surface area contributed by atoms with Gasteiger partial charge in [-0.15, -0.1) is 11.3 Å². The third-order valence-electron chi connectivity index (χ3n) is 4.80. The molecule has 0 radical (unpaired) electrons. The van der Waals surface area contributed by atoms with Gasteiger partial charge in [-0.05, 0) is 55.3 Å². The van der Waals surface area contributed by atoms with Crippen LogP contribution in [0.1, 0.15) is 12.8 Å². The fourth-order valence-electron chi connectivity index (χ4n) is 3.31. The third kappa shape index (κ3) is 3.91. The number of nitrogens with zero attached hydrogens (tertiary/aromatic N) is 2. The van der Waals surface area contributed by atoms with E-state index in [0.717, 1.165) is 10.2 Å². The molecule has 1 aliphatic rings. The second kappa shape index (κ2) is 7.79. The monoisotopic (exact) mass is 435 g/mol. The largest absolute Gasteiger partial charge is 0.326 e. The van der Waals surface area contributed by atoms with E-state index >= 15 is 0 Å². The Hall–Kier alpha value is -2.00. The Morgan fingerprint density at radius 1 is 1.21 bits per heavy atom. The molecule has 1 saturated heterocycles. The maximum atomic E-state index is 12.9. The molecule has 1 fully saturated rings. The molecule has 3 aromatic rings. The summed E-state index contributed by atoms with van der Waals surface area (Å²) in [5, 5.41) is 3.38. The number of amides is 1. The highest BCUT2D eigenvalue weighted by molar-refractivity contribution is 7.89. The van der Waals surface area contributed by atoms with Crippen molar-refractivity contribution in [1.82, 2.24) is 9.29 Å². The zero-order chi connectivity index (χ0) is 19.7. The van der Waals surface area contributed by atoms with Crippen molar-refractivity contribution < 1.29 is 13.2 Å². The van der Waals surface area contributed by atoms with Crippen molar-refractivity contribution in [2.24, 2.45) is 5.92 Å². The lowest BCUT2D eigenvalue weighted by atomic mass is 9.98. The molecule has 0 saturated carbocycles. The van der Waals surface area contributed by atoms with Crippen molar-refractivity contribution >= 4 is 54.8 Å². The van der Waals surface area contributed by atoms with Crippen molar-refractivity contribution in [1.29, 1.82) is 0 Å². The number of carbonyl (C=O) groups excluding carboxylic acids is 1. The van der Waals surface area contributed by atoms with Crippen LogP contribution in [0.4, 0.5) is 5.69 Å². The predicted octanol–water partition coefficient (Wildman–Crippen LogP) is 3.99. The molecule has 1 N–H and O–H groups in total. The summed E-state index contributed by atoms with van der Waals surface area (Å²) in [5.74, 6) is -0.576. The van der Waals surface area contributed by atoms with E-state index in [-0.39, 0.29) is 17.3 Å². The average molecular weight is 436 g/mol. The first-order valence-corrected chi connectivity index (χ1v) is 11.5. The topological polar surface area (TPSA) is 79.4 Å². The number of carbonyl (C=O) groups is 1. The van der Waals surface area contributed by atoms with Gasteiger partial charge in [0, 0.05) is 23.8 Å². The SMILES string of the molecule is O=C(Nc1ccc2scnc2c1)C1CCCN(S(=O)(=O)c2ccc(Cl)cc2)C1. The molecule has 28 heavy (non-hydrogen) atoms. The van der Waals surface area contributed by atoms with Crippen molar-refractivity contribution in [3.8, 4) is 0 Å². The van der Waals surface area contributed by atoms with Crippen LogP contribution >= 0.6 is 22.9 Å². The molecule has 6 nitrogen and oxygen atoms in total. The number of fused-ring (bicyclic) bond motifs is 1. The van der Waals surface area contributed by atoms with E-state index in [9.17, 15) is 13.2 Å². The lowest BCUT2D eigenvalue weighted by Crippen LogP contribution is -2.43. The second-order valence-electron chi connectivity index (χ2n) is 6.68. The van der Waals surface area contributed by atoms with Gasteiger partial charge in [-0.3, -0.25) is 4.79 Å². The summed E-state index contributed by atoms with van der Waals surface area (Å²) in [6.45, 7) is 0.565. The third-order valence-corrected chi connectivity index (χ3v) is 7.75. The number of rotatable bonds is 4. The van der Waals surface area contributed by atoms with Gasteiger partial charge in [0.25, 0.3) is 0 Å². The summed E-state index contributed by atoms with van der Waals surface area (Å²) < 4.78 is 28.2. The van der Waals surface area contributed by atoms with Crippen molar-refractivity contribution in [2.75, 3.05) is 18.4 Å². The van der Waals surface area contributed by atoms with Crippen molar-refractivity contribution in [3.63, 3.8) is 0 Å². The van der Waals surface area contributed by atoms with Crippen LogP contribution in [0.15, 0.2) is 52.9 Å². The van der Waals surface area contributed by atoms with Gasteiger partial charge in [0.05, 0.1) is 26.5 Å². The van der Waals surface area contributed by atoms with Gasteiger partial charge in [-0.1, -0.05) is 11.6 Å². The highest BCUT2D eigenvalue weighted by Gasteiger charge is 2.33. The molecular formula is C19H18ClN3O3S2. The van der Waals surface area contributed by atoms with E-state index in [1.807, 2.05) is 18.2 Å². The summed E-state index contributed by atoms with van der Waals surface area (Å²) in [6.07, 6.45) is 1.29. The molecule has 0 bridgehead atoms. The van der Waals surface area contributed by atoms with E-state index in [1.165, 1.54) is 27.8 Å². The number of piperidine rings is 1. The molecular weight excluding hydrogens is 418 g/mol. The Balaban J connectivity index is 1.48. The molecule has 0 aliphatic carbocycles. The van der Waals surface area contributed by atoms with Crippen LogP contribution < -0.4 is 5.32 Å². The zero-order valence-electron chi connectivity index (χ0n) is 14.8. The van der Waals surface area contributed by atoms with Crippen molar-refractivity contribution in [2.45, 2.75) is 17.7 Å². The van der Waals surface area contributed by atoms with Crippen LogP contribution in [0, 0.1) is 5.92 Å². The molecule has 1 aromatic heterocycles.